The Morgan fingerprint density at radius 1 is 1.23 bits per heavy atom. The number of hydrogen-bond acceptors (Lipinski definition) is 8. The highest BCUT2D eigenvalue weighted by Crippen LogP contribution is 2.30. The van der Waals surface area contributed by atoms with Crippen LogP contribution in [-0.4, -0.2) is 63.5 Å². The zero-order chi connectivity index (χ0) is 23.9. The summed E-state index contributed by atoms with van der Waals surface area (Å²) in [6, 6.07) is 7.91. The van der Waals surface area contributed by atoms with Crippen LogP contribution in [0.15, 0.2) is 41.0 Å². The normalized spacial score (nSPS) is 17.4. The van der Waals surface area contributed by atoms with E-state index in [1.165, 1.54) is 35.4 Å². The van der Waals surface area contributed by atoms with Gasteiger partial charge in [-0.15, -0.1) is 11.3 Å². The third-order valence-electron chi connectivity index (χ3n) is 6.52. The second-order valence-corrected chi connectivity index (χ2v) is 9.74. The molecule has 1 aromatic carbocycles. The molecule has 3 aromatic rings. The number of fused-ring (bicyclic) bond motifs is 3. The van der Waals surface area contributed by atoms with Crippen LogP contribution in [0.3, 0.4) is 0 Å². The maximum Gasteiger partial charge on any atom is 0.280 e. The summed E-state index contributed by atoms with van der Waals surface area (Å²) in [7, 11) is 1.68. The molecule has 35 heavy (non-hydrogen) atoms. The number of aromatic nitrogens is 3. The van der Waals surface area contributed by atoms with Crippen molar-refractivity contribution in [2.45, 2.75) is 38.3 Å². The second kappa shape index (κ2) is 8.81. The molecule has 0 saturated heterocycles. The minimum absolute atomic E-state index is 0.0374. The number of carbonyl (C=O) groups is 2. The van der Waals surface area contributed by atoms with Gasteiger partial charge in [0.1, 0.15) is 12.3 Å². The van der Waals surface area contributed by atoms with Crippen LogP contribution >= 0.6 is 11.3 Å². The van der Waals surface area contributed by atoms with Gasteiger partial charge in [0, 0.05) is 24.5 Å². The molecule has 0 atom stereocenters. The predicted molar refractivity (Wildman–Crippen MR) is 133 cm³/mol. The molecule has 0 unspecified atom stereocenters. The van der Waals surface area contributed by atoms with Gasteiger partial charge < -0.3 is 14.6 Å². The van der Waals surface area contributed by atoms with Gasteiger partial charge in [0.25, 0.3) is 5.91 Å². The number of rotatable bonds is 6. The quantitative estimate of drug-likeness (QED) is 0.568. The number of guanidine groups is 1. The van der Waals surface area contributed by atoms with Crippen LogP contribution in [0, 0.1) is 0 Å². The summed E-state index contributed by atoms with van der Waals surface area (Å²) in [5.41, 5.74) is 2.14. The first-order valence-electron chi connectivity index (χ1n) is 11.7. The van der Waals surface area contributed by atoms with E-state index in [0.29, 0.717) is 41.8 Å². The van der Waals surface area contributed by atoms with Gasteiger partial charge in [0.05, 0.1) is 24.7 Å². The molecule has 0 spiro atoms. The van der Waals surface area contributed by atoms with E-state index in [2.05, 4.69) is 20.3 Å². The fraction of sp³-hybridized carbons (Fsp3) is 0.375. The monoisotopic (exact) mass is 491 g/mol. The molecule has 1 aliphatic carbocycles. The molecule has 0 radical (unpaired) electrons. The van der Waals surface area contributed by atoms with Crippen LogP contribution < -0.4 is 15.0 Å². The number of nitrogens with one attached hydrogen (secondary N) is 1. The predicted octanol–water partition coefficient (Wildman–Crippen LogP) is 3.23. The van der Waals surface area contributed by atoms with Gasteiger partial charge in [0.2, 0.25) is 11.9 Å². The van der Waals surface area contributed by atoms with Crippen LogP contribution in [0.2, 0.25) is 0 Å². The third-order valence-corrected chi connectivity index (χ3v) is 7.28. The van der Waals surface area contributed by atoms with Crippen molar-refractivity contribution in [3.8, 4) is 17.0 Å². The lowest BCUT2D eigenvalue weighted by molar-refractivity contribution is -0.116. The number of hydrogen-bond donors (Lipinski definition) is 1. The molecule has 2 amide bonds. The number of ether oxygens (including phenoxy) is 1. The summed E-state index contributed by atoms with van der Waals surface area (Å²) in [5.74, 6) is 1.53. The minimum atomic E-state index is -0.275. The minimum Gasteiger partial charge on any atom is -0.490 e. The summed E-state index contributed by atoms with van der Waals surface area (Å²) in [4.78, 5) is 42.4. The van der Waals surface area contributed by atoms with Crippen LogP contribution in [0.4, 0.5) is 10.9 Å². The highest BCUT2D eigenvalue weighted by molar-refractivity contribution is 7.14. The summed E-state index contributed by atoms with van der Waals surface area (Å²) < 4.78 is 7.61. The molecule has 11 heteroatoms. The zero-order valence-corrected chi connectivity index (χ0v) is 20.1. The van der Waals surface area contributed by atoms with Crippen molar-refractivity contribution >= 4 is 40.1 Å². The van der Waals surface area contributed by atoms with Crippen LogP contribution in [0.1, 0.15) is 36.2 Å². The van der Waals surface area contributed by atoms with Gasteiger partial charge in [-0.05, 0) is 49.9 Å². The van der Waals surface area contributed by atoms with E-state index in [-0.39, 0.29) is 18.4 Å². The zero-order valence-electron chi connectivity index (χ0n) is 19.3. The van der Waals surface area contributed by atoms with Crippen molar-refractivity contribution in [1.29, 1.82) is 0 Å². The Kier molecular flexibility index (Phi) is 5.48. The number of thiazole rings is 1. The fourth-order valence-electron chi connectivity index (χ4n) is 4.76. The molecule has 6 rings (SSSR count). The first-order valence-corrected chi connectivity index (χ1v) is 12.6. The molecule has 1 fully saturated rings. The Hall–Kier alpha value is -3.73. The molecule has 2 aromatic heterocycles. The van der Waals surface area contributed by atoms with E-state index in [0.717, 1.165) is 29.8 Å². The van der Waals surface area contributed by atoms with Crippen molar-refractivity contribution < 1.29 is 14.3 Å². The van der Waals surface area contributed by atoms with Gasteiger partial charge in [-0.1, -0.05) is 0 Å². The van der Waals surface area contributed by atoms with E-state index < -0.39 is 0 Å². The van der Waals surface area contributed by atoms with E-state index in [1.54, 1.807) is 11.6 Å². The van der Waals surface area contributed by atoms with Crippen LogP contribution in [0.25, 0.3) is 11.3 Å². The van der Waals surface area contributed by atoms with Crippen molar-refractivity contribution in [2.75, 3.05) is 30.4 Å². The number of aliphatic imine (C=N–C) groups is 1. The van der Waals surface area contributed by atoms with E-state index >= 15 is 0 Å². The molecule has 180 valence electrons. The van der Waals surface area contributed by atoms with Gasteiger partial charge in [-0.25, -0.2) is 9.97 Å². The number of amides is 2. The average Bonchev–Trinajstić information content (AvgIpc) is 3.65. The molecule has 4 heterocycles. The fourth-order valence-corrected chi connectivity index (χ4v) is 5.50. The van der Waals surface area contributed by atoms with Gasteiger partial charge in [-0.2, -0.15) is 0 Å². The highest BCUT2D eigenvalue weighted by atomic mass is 32.1. The Balaban J connectivity index is 1.11. The van der Waals surface area contributed by atoms with E-state index in [4.69, 9.17) is 4.74 Å². The smallest absolute Gasteiger partial charge is 0.280 e. The number of benzene rings is 1. The largest absolute Gasteiger partial charge is 0.490 e. The molecule has 0 bridgehead atoms. The van der Waals surface area contributed by atoms with Crippen molar-refractivity contribution in [1.82, 2.24) is 19.4 Å². The molecule has 10 nitrogen and oxygen atoms in total. The SMILES string of the molecule is CN1C(=O)c2c(ncn2CC(=O)Nc2nc(-c3ccc(OC4CCCC4)cc3)cs2)N2CCN=C12. The summed E-state index contributed by atoms with van der Waals surface area (Å²) in [6.07, 6.45) is 6.57. The lowest BCUT2D eigenvalue weighted by Crippen LogP contribution is -2.48. The Bertz CT molecular complexity index is 1310. The summed E-state index contributed by atoms with van der Waals surface area (Å²) in [6.45, 7) is 1.24. The van der Waals surface area contributed by atoms with Gasteiger partial charge in [-0.3, -0.25) is 24.4 Å². The lowest BCUT2D eigenvalue weighted by atomic mass is 10.2. The third kappa shape index (κ3) is 4.05. The summed E-state index contributed by atoms with van der Waals surface area (Å²) >= 11 is 1.36. The highest BCUT2D eigenvalue weighted by Gasteiger charge is 2.38. The Labute approximate surface area is 206 Å². The number of anilines is 2. The molecular formula is C24H25N7O3S. The average molecular weight is 492 g/mol. The second-order valence-electron chi connectivity index (χ2n) is 8.88. The molecule has 2 aliphatic heterocycles. The van der Waals surface area contributed by atoms with Gasteiger partial charge in [0.15, 0.2) is 16.6 Å². The van der Waals surface area contributed by atoms with Crippen molar-refractivity contribution in [3.05, 3.63) is 41.7 Å². The molecular weight excluding hydrogens is 466 g/mol. The van der Waals surface area contributed by atoms with Crippen LogP contribution in [0.5, 0.6) is 5.75 Å². The van der Waals surface area contributed by atoms with Crippen molar-refractivity contribution in [3.63, 3.8) is 0 Å². The maximum absolute atomic E-state index is 12.9. The number of imidazole rings is 1. The topological polar surface area (TPSA) is 105 Å². The molecule has 1 saturated carbocycles. The van der Waals surface area contributed by atoms with E-state index in [9.17, 15) is 9.59 Å². The Morgan fingerprint density at radius 3 is 2.83 bits per heavy atom. The summed E-state index contributed by atoms with van der Waals surface area (Å²) in [5, 5.41) is 5.26. The van der Waals surface area contributed by atoms with E-state index in [1.807, 2.05) is 34.5 Å². The first kappa shape index (κ1) is 21.8. The molecule has 1 N–H and O–H groups in total. The first-order chi connectivity index (χ1) is 17.1. The standard InChI is InChI=1S/C24H25N7O3S/c1-29-22(33)20-21(31-11-10-25-24(29)31)26-14-30(20)12-19(32)28-23-27-18(13-35-23)15-6-8-17(9-7-15)34-16-4-2-3-5-16/h6-9,13-14,16H,2-5,10-12H2,1H3,(H,27,28,32). The number of nitrogens with zero attached hydrogens (tertiary/aromatic N) is 6. The molecule has 3 aliphatic rings. The van der Waals surface area contributed by atoms with Gasteiger partial charge >= 0.3 is 0 Å². The number of carbonyl (C=O) groups excluding carboxylic acids is 2. The Morgan fingerprint density at radius 2 is 2.03 bits per heavy atom. The van der Waals surface area contributed by atoms with Crippen LogP contribution in [-0.2, 0) is 11.3 Å². The van der Waals surface area contributed by atoms with Crippen molar-refractivity contribution in [2.24, 2.45) is 4.99 Å². The lowest BCUT2D eigenvalue weighted by Gasteiger charge is -2.30. The maximum atomic E-state index is 12.9.